The number of Topliss-reactive ketones (excluding diaryl/α,β-unsaturated/α-hetero) is 1. The maximum Gasteiger partial charge on any atom is 0.194 e. The lowest BCUT2D eigenvalue weighted by molar-refractivity contribution is 0.101. The molecule has 3 aromatic rings. The highest BCUT2D eigenvalue weighted by atomic mass is 16.5. The van der Waals surface area contributed by atoms with Gasteiger partial charge in [0.1, 0.15) is 12.4 Å². The molecule has 0 N–H and O–H groups in total. The molecule has 0 atom stereocenters. The van der Waals surface area contributed by atoms with Gasteiger partial charge in [-0.05, 0) is 53.7 Å². The van der Waals surface area contributed by atoms with Crippen molar-refractivity contribution in [3.63, 3.8) is 0 Å². The number of tetrazole rings is 1. The lowest BCUT2D eigenvalue weighted by Crippen LogP contribution is -2.06. The van der Waals surface area contributed by atoms with Crippen LogP contribution in [0.25, 0.3) is 5.69 Å². The van der Waals surface area contributed by atoms with Gasteiger partial charge in [0, 0.05) is 5.56 Å². The molecule has 0 aliphatic carbocycles. The number of benzene rings is 2. The van der Waals surface area contributed by atoms with Gasteiger partial charge in [0.25, 0.3) is 0 Å². The molecule has 1 heterocycles. The van der Waals surface area contributed by atoms with E-state index in [2.05, 4.69) is 15.5 Å². The SMILES string of the molecule is CC(=O)c1ccc(OCc2nnnn2-c2ccccc2)cc1. The zero-order valence-corrected chi connectivity index (χ0v) is 12.0. The fourth-order valence-corrected chi connectivity index (χ4v) is 2.00. The predicted octanol–water partition coefficient (Wildman–Crippen LogP) is 2.44. The van der Waals surface area contributed by atoms with E-state index in [9.17, 15) is 4.79 Å². The van der Waals surface area contributed by atoms with E-state index >= 15 is 0 Å². The van der Waals surface area contributed by atoms with E-state index in [-0.39, 0.29) is 12.4 Å². The molecule has 22 heavy (non-hydrogen) atoms. The average Bonchev–Trinajstić information content (AvgIpc) is 3.02. The molecule has 0 radical (unpaired) electrons. The number of hydrogen-bond donors (Lipinski definition) is 0. The second-order valence-electron chi connectivity index (χ2n) is 4.71. The van der Waals surface area contributed by atoms with Crippen molar-refractivity contribution in [3.8, 4) is 11.4 Å². The maximum atomic E-state index is 11.2. The summed E-state index contributed by atoms with van der Waals surface area (Å²) in [5, 5.41) is 11.6. The summed E-state index contributed by atoms with van der Waals surface area (Å²) in [6, 6.07) is 16.6. The third kappa shape index (κ3) is 3.01. The summed E-state index contributed by atoms with van der Waals surface area (Å²) in [6.07, 6.45) is 0. The van der Waals surface area contributed by atoms with Gasteiger partial charge in [-0.2, -0.15) is 4.68 Å². The Hall–Kier alpha value is -3.02. The van der Waals surface area contributed by atoms with Gasteiger partial charge in [-0.1, -0.05) is 18.2 Å². The number of carbonyl (C=O) groups excluding carboxylic acids is 1. The van der Waals surface area contributed by atoms with E-state index in [4.69, 9.17) is 4.74 Å². The lowest BCUT2D eigenvalue weighted by Gasteiger charge is -2.07. The Morgan fingerprint density at radius 2 is 1.82 bits per heavy atom. The predicted molar refractivity (Wildman–Crippen MR) is 79.9 cm³/mol. The average molecular weight is 294 g/mol. The largest absolute Gasteiger partial charge is 0.486 e. The van der Waals surface area contributed by atoms with Gasteiger partial charge in [-0.25, -0.2) is 0 Å². The van der Waals surface area contributed by atoms with Crippen LogP contribution in [-0.4, -0.2) is 26.0 Å². The van der Waals surface area contributed by atoms with Crippen molar-refractivity contribution in [2.75, 3.05) is 0 Å². The van der Waals surface area contributed by atoms with Gasteiger partial charge in [-0.3, -0.25) is 4.79 Å². The fourth-order valence-electron chi connectivity index (χ4n) is 2.00. The Morgan fingerprint density at radius 3 is 2.50 bits per heavy atom. The second-order valence-corrected chi connectivity index (χ2v) is 4.71. The molecule has 0 amide bonds. The normalized spacial score (nSPS) is 10.4. The molecule has 0 aliphatic heterocycles. The summed E-state index contributed by atoms with van der Waals surface area (Å²) in [7, 11) is 0. The van der Waals surface area contributed by atoms with Gasteiger partial charge < -0.3 is 4.74 Å². The van der Waals surface area contributed by atoms with Crippen LogP contribution < -0.4 is 4.74 Å². The number of carbonyl (C=O) groups is 1. The molecule has 0 bridgehead atoms. The number of ketones is 1. The number of hydrogen-bond acceptors (Lipinski definition) is 5. The van der Waals surface area contributed by atoms with Crippen molar-refractivity contribution in [1.29, 1.82) is 0 Å². The quantitative estimate of drug-likeness (QED) is 0.676. The molecule has 6 nitrogen and oxygen atoms in total. The Bertz CT molecular complexity index is 766. The molecule has 0 saturated heterocycles. The molecule has 3 rings (SSSR count). The molecule has 6 heteroatoms. The molecule has 0 unspecified atom stereocenters. The summed E-state index contributed by atoms with van der Waals surface area (Å²) in [5.74, 6) is 1.29. The van der Waals surface area contributed by atoms with E-state index in [0.29, 0.717) is 17.1 Å². The summed E-state index contributed by atoms with van der Waals surface area (Å²) in [6.45, 7) is 1.77. The molecule has 2 aromatic carbocycles. The molecular formula is C16H14N4O2. The van der Waals surface area contributed by atoms with Crippen LogP contribution in [0.1, 0.15) is 23.1 Å². The number of ether oxygens (including phenoxy) is 1. The molecule has 0 fully saturated rings. The molecule has 0 spiro atoms. The van der Waals surface area contributed by atoms with E-state index in [1.165, 1.54) is 6.92 Å². The first-order valence-electron chi connectivity index (χ1n) is 6.80. The lowest BCUT2D eigenvalue weighted by atomic mass is 10.1. The van der Waals surface area contributed by atoms with Crippen molar-refractivity contribution in [2.45, 2.75) is 13.5 Å². The Labute approximate surface area is 127 Å². The number of nitrogens with zero attached hydrogens (tertiary/aromatic N) is 4. The maximum absolute atomic E-state index is 11.2. The van der Waals surface area contributed by atoms with Crippen LogP contribution >= 0.6 is 0 Å². The number of rotatable bonds is 5. The summed E-state index contributed by atoms with van der Waals surface area (Å²) < 4.78 is 7.30. The van der Waals surface area contributed by atoms with Crippen LogP contribution in [0, 0.1) is 0 Å². The zero-order chi connectivity index (χ0) is 15.4. The Kier molecular flexibility index (Phi) is 3.91. The second kappa shape index (κ2) is 6.17. The molecular weight excluding hydrogens is 280 g/mol. The Balaban J connectivity index is 1.72. The highest BCUT2D eigenvalue weighted by Gasteiger charge is 2.09. The molecule has 0 saturated carbocycles. The van der Waals surface area contributed by atoms with E-state index < -0.39 is 0 Å². The van der Waals surface area contributed by atoms with Crippen molar-refractivity contribution < 1.29 is 9.53 Å². The van der Waals surface area contributed by atoms with Crippen LogP contribution in [0.2, 0.25) is 0 Å². The molecule has 0 aliphatic rings. The minimum atomic E-state index is 0.0274. The molecule has 110 valence electrons. The van der Waals surface area contributed by atoms with Gasteiger partial charge in [0.15, 0.2) is 11.6 Å². The number of para-hydroxylation sites is 1. The highest BCUT2D eigenvalue weighted by molar-refractivity contribution is 5.94. The van der Waals surface area contributed by atoms with Crippen LogP contribution in [0.3, 0.4) is 0 Å². The van der Waals surface area contributed by atoms with Crippen molar-refractivity contribution in [1.82, 2.24) is 20.2 Å². The monoisotopic (exact) mass is 294 g/mol. The minimum Gasteiger partial charge on any atom is -0.486 e. The van der Waals surface area contributed by atoms with Crippen molar-refractivity contribution in [3.05, 3.63) is 66.0 Å². The summed E-state index contributed by atoms with van der Waals surface area (Å²) in [5.41, 5.74) is 1.53. The number of aromatic nitrogens is 4. The first-order chi connectivity index (χ1) is 10.7. The van der Waals surface area contributed by atoms with E-state index in [1.54, 1.807) is 28.9 Å². The van der Waals surface area contributed by atoms with Gasteiger partial charge in [-0.15, -0.1) is 5.10 Å². The van der Waals surface area contributed by atoms with Gasteiger partial charge in [0.2, 0.25) is 0 Å². The molecule has 1 aromatic heterocycles. The van der Waals surface area contributed by atoms with Gasteiger partial charge in [0.05, 0.1) is 5.69 Å². The summed E-state index contributed by atoms with van der Waals surface area (Å²) >= 11 is 0. The third-order valence-electron chi connectivity index (χ3n) is 3.16. The highest BCUT2D eigenvalue weighted by Crippen LogP contribution is 2.15. The third-order valence-corrected chi connectivity index (χ3v) is 3.16. The van der Waals surface area contributed by atoms with Crippen LogP contribution in [0.5, 0.6) is 5.75 Å². The van der Waals surface area contributed by atoms with E-state index in [1.807, 2.05) is 30.3 Å². The van der Waals surface area contributed by atoms with Crippen molar-refractivity contribution in [2.24, 2.45) is 0 Å². The topological polar surface area (TPSA) is 69.9 Å². The Morgan fingerprint density at radius 1 is 1.09 bits per heavy atom. The summed E-state index contributed by atoms with van der Waals surface area (Å²) in [4.78, 5) is 11.2. The van der Waals surface area contributed by atoms with Gasteiger partial charge >= 0.3 is 0 Å². The minimum absolute atomic E-state index is 0.0274. The first-order valence-corrected chi connectivity index (χ1v) is 6.80. The zero-order valence-electron chi connectivity index (χ0n) is 12.0. The first kappa shape index (κ1) is 13.9. The van der Waals surface area contributed by atoms with E-state index in [0.717, 1.165) is 5.69 Å². The fraction of sp³-hybridized carbons (Fsp3) is 0.125. The van der Waals surface area contributed by atoms with Crippen LogP contribution in [0.15, 0.2) is 54.6 Å². The standard InChI is InChI=1S/C16H14N4O2/c1-12(21)13-7-9-15(10-8-13)22-11-16-17-18-19-20(16)14-5-3-2-4-6-14/h2-10H,11H2,1H3. The smallest absolute Gasteiger partial charge is 0.194 e. The van der Waals surface area contributed by atoms with Crippen LogP contribution in [-0.2, 0) is 6.61 Å². The van der Waals surface area contributed by atoms with Crippen molar-refractivity contribution >= 4 is 5.78 Å². The van der Waals surface area contributed by atoms with Crippen LogP contribution in [0.4, 0.5) is 0 Å².